The number of nitrogens with zero attached hydrogens (tertiary/aromatic N) is 1. The molecule has 1 aliphatic rings. The minimum atomic E-state index is -0.413. The third-order valence-corrected chi connectivity index (χ3v) is 4.96. The number of unbranched alkanes of at least 4 members (excludes halogenated alkanes) is 1. The van der Waals surface area contributed by atoms with Crippen molar-refractivity contribution in [3.8, 4) is 0 Å². The van der Waals surface area contributed by atoms with E-state index in [0.717, 1.165) is 18.5 Å². The number of amides is 3. The van der Waals surface area contributed by atoms with Gasteiger partial charge in [-0.15, -0.1) is 0 Å². The molecule has 158 valence electrons. The van der Waals surface area contributed by atoms with Gasteiger partial charge in [0.1, 0.15) is 0 Å². The fourth-order valence-corrected chi connectivity index (χ4v) is 3.24. The van der Waals surface area contributed by atoms with Gasteiger partial charge in [-0.2, -0.15) is 0 Å². The van der Waals surface area contributed by atoms with E-state index in [9.17, 15) is 14.4 Å². The molecule has 30 heavy (non-hydrogen) atoms. The predicted octanol–water partition coefficient (Wildman–Crippen LogP) is 4.22. The summed E-state index contributed by atoms with van der Waals surface area (Å²) in [5.74, 6) is -0.445. The highest BCUT2D eigenvalue weighted by Gasteiger charge is 2.31. The molecule has 7 nitrogen and oxygen atoms in total. The number of anilines is 2. The van der Waals surface area contributed by atoms with Gasteiger partial charge in [0.05, 0.1) is 18.2 Å². The van der Waals surface area contributed by atoms with Gasteiger partial charge in [0.15, 0.2) is 0 Å². The van der Waals surface area contributed by atoms with Gasteiger partial charge in [-0.1, -0.05) is 24.9 Å². The number of ether oxygens (including phenoxy) is 1. The lowest BCUT2D eigenvalue weighted by Gasteiger charge is -2.17. The summed E-state index contributed by atoms with van der Waals surface area (Å²) in [7, 11) is 0. The Balaban J connectivity index is 1.50. The molecule has 0 aromatic heterocycles. The number of hydrogen-bond acceptors (Lipinski definition) is 4. The maximum atomic E-state index is 12.3. The van der Waals surface area contributed by atoms with Crippen LogP contribution < -0.4 is 15.5 Å². The molecule has 1 saturated heterocycles. The molecule has 2 aromatic carbocycles. The average Bonchev–Trinajstić information content (AvgIpc) is 3.09. The first kappa shape index (κ1) is 21.6. The van der Waals surface area contributed by atoms with E-state index in [1.807, 2.05) is 6.92 Å². The number of carbonyl (C=O) groups is 3. The third kappa shape index (κ3) is 5.73. The van der Waals surface area contributed by atoms with Crippen LogP contribution in [0.25, 0.3) is 0 Å². The highest BCUT2D eigenvalue weighted by molar-refractivity contribution is 6.30. The maximum Gasteiger partial charge on any atom is 0.338 e. The zero-order valence-corrected chi connectivity index (χ0v) is 17.4. The molecule has 1 fully saturated rings. The van der Waals surface area contributed by atoms with Crippen LogP contribution in [0, 0.1) is 0 Å². The number of benzene rings is 2. The number of carbonyl (C=O) groups excluding carboxylic acids is 3. The highest BCUT2D eigenvalue weighted by atomic mass is 35.5. The molecule has 1 unspecified atom stereocenters. The lowest BCUT2D eigenvalue weighted by Crippen LogP contribution is -2.39. The van der Waals surface area contributed by atoms with Gasteiger partial charge >= 0.3 is 12.0 Å². The van der Waals surface area contributed by atoms with E-state index in [1.165, 1.54) is 0 Å². The van der Waals surface area contributed by atoms with Crippen molar-refractivity contribution in [3.63, 3.8) is 0 Å². The Kier molecular flexibility index (Phi) is 7.30. The Morgan fingerprint density at radius 1 is 1.13 bits per heavy atom. The van der Waals surface area contributed by atoms with Gasteiger partial charge in [-0.25, -0.2) is 9.59 Å². The normalized spacial score (nSPS) is 15.7. The van der Waals surface area contributed by atoms with Crippen LogP contribution in [0.2, 0.25) is 5.02 Å². The molecular formula is C22H24ClN3O4. The highest BCUT2D eigenvalue weighted by Crippen LogP contribution is 2.23. The van der Waals surface area contributed by atoms with Crippen LogP contribution in [0.3, 0.4) is 0 Å². The van der Waals surface area contributed by atoms with Gasteiger partial charge < -0.3 is 20.3 Å². The number of hydrogen-bond donors (Lipinski definition) is 2. The van der Waals surface area contributed by atoms with Crippen LogP contribution in [0.1, 0.15) is 36.5 Å². The zero-order valence-electron chi connectivity index (χ0n) is 16.7. The van der Waals surface area contributed by atoms with Crippen LogP contribution in [0.5, 0.6) is 0 Å². The fraction of sp³-hybridized carbons (Fsp3) is 0.318. The van der Waals surface area contributed by atoms with Crippen molar-refractivity contribution in [2.45, 2.75) is 32.2 Å². The molecule has 1 aliphatic heterocycles. The molecule has 3 amide bonds. The minimum Gasteiger partial charge on any atom is -0.462 e. The molecule has 8 heteroatoms. The van der Waals surface area contributed by atoms with Crippen molar-refractivity contribution in [2.75, 3.05) is 23.4 Å². The van der Waals surface area contributed by atoms with Gasteiger partial charge in [0, 0.05) is 29.4 Å². The molecule has 0 spiro atoms. The van der Waals surface area contributed by atoms with Gasteiger partial charge in [-0.3, -0.25) is 4.79 Å². The Morgan fingerprint density at radius 2 is 1.83 bits per heavy atom. The van der Waals surface area contributed by atoms with Crippen LogP contribution in [0.15, 0.2) is 48.5 Å². The van der Waals surface area contributed by atoms with E-state index in [-0.39, 0.29) is 24.3 Å². The van der Waals surface area contributed by atoms with Crippen molar-refractivity contribution in [2.24, 2.45) is 0 Å². The van der Waals surface area contributed by atoms with Crippen LogP contribution in [-0.2, 0) is 9.53 Å². The van der Waals surface area contributed by atoms with E-state index in [0.29, 0.717) is 29.4 Å². The SMILES string of the molecule is CCCCOC(=O)c1ccc(NC(=O)NC2CC(=O)N(c3ccc(Cl)cc3)C2)cc1. The quantitative estimate of drug-likeness (QED) is 0.509. The van der Waals surface area contributed by atoms with Crippen molar-refractivity contribution >= 4 is 40.9 Å². The Bertz CT molecular complexity index is 900. The van der Waals surface area contributed by atoms with Crippen molar-refractivity contribution in [1.82, 2.24) is 5.32 Å². The predicted molar refractivity (Wildman–Crippen MR) is 116 cm³/mol. The number of urea groups is 1. The first-order valence-electron chi connectivity index (χ1n) is 9.87. The third-order valence-electron chi connectivity index (χ3n) is 4.71. The van der Waals surface area contributed by atoms with E-state index in [1.54, 1.807) is 53.4 Å². The number of esters is 1. The molecule has 2 N–H and O–H groups in total. The lowest BCUT2D eigenvalue weighted by atomic mass is 10.2. The molecule has 3 rings (SSSR count). The Morgan fingerprint density at radius 3 is 2.50 bits per heavy atom. The van der Waals surface area contributed by atoms with Gasteiger partial charge in [-0.05, 0) is 55.0 Å². The summed E-state index contributed by atoms with van der Waals surface area (Å²) < 4.78 is 5.16. The minimum absolute atomic E-state index is 0.0615. The average molecular weight is 430 g/mol. The largest absolute Gasteiger partial charge is 0.462 e. The van der Waals surface area contributed by atoms with Crippen molar-refractivity contribution in [3.05, 3.63) is 59.1 Å². The lowest BCUT2D eigenvalue weighted by molar-refractivity contribution is -0.117. The Labute approximate surface area is 180 Å². The molecule has 0 bridgehead atoms. The maximum absolute atomic E-state index is 12.3. The molecular weight excluding hydrogens is 406 g/mol. The van der Waals surface area contributed by atoms with E-state index in [4.69, 9.17) is 16.3 Å². The van der Waals surface area contributed by atoms with E-state index in [2.05, 4.69) is 10.6 Å². The summed E-state index contributed by atoms with van der Waals surface area (Å²) in [4.78, 5) is 38.1. The molecule has 2 aromatic rings. The first-order valence-corrected chi connectivity index (χ1v) is 10.2. The van der Waals surface area contributed by atoms with Crippen LogP contribution >= 0.6 is 11.6 Å². The first-order chi connectivity index (χ1) is 14.5. The summed E-state index contributed by atoms with van der Waals surface area (Å²) in [6.45, 7) is 2.80. The fourth-order valence-electron chi connectivity index (χ4n) is 3.11. The smallest absolute Gasteiger partial charge is 0.338 e. The summed E-state index contributed by atoms with van der Waals surface area (Å²) in [5, 5.41) is 6.12. The van der Waals surface area contributed by atoms with Crippen LogP contribution in [-0.4, -0.2) is 37.1 Å². The zero-order chi connectivity index (χ0) is 21.5. The molecule has 0 aliphatic carbocycles. The second kappa shape index (κ2) is 10.1. The molecule has 0 saturated carbocycles. The summed E-state index contributed by atoms with van der Waals surface area (Å²) in [6.07, 6.45) is 2.00. The number of nitrogens with one attached hydrogen (secondary N) is 2. The summed E-state index contributed by atoms with van der Waals surface area (Å²) in [6, 6.07) is 12.8. The van der Waals surface area contributed by atoms with Crippen molar-refractivity contribution < 1.29 is 19.1 Å². The molecule has 0 radical (unpaired) electrons. The van der Waals surface area contributed by atoms with Gasteiger partial charge in [0.25, 0.3) is 0 Å². The summed E-state index contributed by atoms with van der Waals surface area (Å²) in [5.41, 5.74) is 1.71. The number of halogens is 1. The van der Waals surface area contributed by atoms with Crippen LogP contribution in [0.4, 0.5) is 16.2 Å². The van der Waals surface area contributed by atoms with Crippen molar-refractivity contribution in [1.29, 1.82) is 0 Å². The molecule has 1 atom stereocenters. The topological polar surface area (TPSA) is 87.7 Å². The monoisotopic (exact) mass is 429 g/mol. The molecule has 1 heterocycles. The standard InChI is InChI=1S/C22H24ClN3O4/c1-2-3-12-30-21(28)15-4-8-17(9-5-15)24-22(29)25-18-13-20(27)26(14-18)19-10-6-16(23)7-11-19/h4-11,18H,2-3,12-14H2,1H3,(H2,24,25,29). The van der Waals surface area contributed by atoms with Gasteiger partial charge in [0.2, 0.25) is 5.91 Å². The summed E-state index contributed by atoms with van der Waals surface area (Å²) >= 11 is 5.89. The van der Waals surface area contributed by atoms with E-state index >= 15 is 0 Å². The number of rotatable bonds is 7. The van der Waals surface area contributed by atoms with E-state index < -0.39 is 6.03 Å². The second-order valence-corrected chi connectivity index (χ2v) is 7.48. The Hall–Kier alpha value is -3.06. The second-order valence-electron chi connectivity index (χ2n) is 7.05.